The maximum atomic E-state index is 12.1. The molecule has 6 nitrogen and oxygen atoms in total. The van der Waals surface area contributed by atoms with Crippen molar-refractivity contribution in [3.63, 3.8) is 0 Å². The molecule has 0 spiro atoms. The number of hydrogen-bond acceptors (Lipinski definition) is 5. The van der Waals surface area contributed by atoms with E-state index >= 15 is 0 Å². The van der Waals surface area contributed by atoms with E-state index < -0.39 is 0 Å². The van der Waals surface area contributed by atoms with Gasteiger partial charge in [-0.2, -0.15) is 0 Å². The van der Waals surface area contributed by atoms with Crippen LogP contribution in [0.5, 0.6) is 0 Å². The fourth-order valence-electron chi connectivity index (χ4n) is 1.94. The quantitative estimate of drug-likeness (QED) is 0.693. The molecular weight excluding hydrogens is 246 g/mol. The van der Waals surface area contributed by atoms with Gasteiger partial charge in [0, 0.05) is 19.6 Å². The van der Waals surface area contributed by atoms with Crippen LogP contribution in [-0.2, 0) is 9.47 Å². The molecule has 0 aromatic rings. The lowest BCUT2D eigenvalue weighted by molar-refractivity contribution is -0.0801. The zero-order chi connectivity index (χ0) is 14.1. The molecule has 0 atom stereocenters. The maximum Gasteiger partial charge on any atom is 0.424 e. The van der Waals surface area contributed by atoms with Crippen LogP contribution in [0.2, 0.25) is 0 Å². The van der Waals surface area contributed by atoms with Gasteiger partial charge < -0.3 is 14.4 Å². The number of carbonyl (C=O) groups is 1. The molecule has 19 heavy (non-hydrogen) atoms. The number of rotatable bonds is 7. The molecule has 1 aliphatic rings. The average Bonchev–Trinajstić information content (AvgIpc) is 2.41. The van der Waals surface area contributed by atoms with E-state index in [0.29, 0.717) is 26.4 Å². The van der Waals surface area contributed by atoms with Crippen LogP contribution >= 0.6 is 0 Å². The Morgan fingerprint density at radius 3 is 2.53 bits per heavy atom. The maximum absolute atomic E-state index is 12.1. The number of morpholine rings is 1. The van der Waals surface area contributed by atoms with Crippen LogP contribution in [0.3, 0.4) is 0 Å². The van der Waals surface area contributed by atoms with E-state index in [1.54, 1.807) is 5.01 Å². The lowest BCUT2D eigenvalue weighted by atomic mass is 10.4. The van der Waals surface area contributed by atoms with Crippen LogP contribution in [0.1, 0.15) is 19.8 Å². The normalized spacial score (nSPS) is 16.6. The first-order valence-corrected chi connectivity index (χ1v) is 7.06. The standard InChI is InChI=1S/C13H27N3O3/c1-4-10-19-13(17)16(7-5-6-14(2)3)15-8-11-18-12-9-15/h4-12H2,1-3H3. The Balaban J connectivity index is 2.47. The second-order valence-electron chi connectivity index (χ2n) is 4.96. The SMILES string of the molecule is CCCOC(=O)N(CCCN(C)C)N1CCOCC1. The van der Waals surface area contributed by atoms with E-state index in [9.17, 15) is 4.79 Å². The zero-order valence-corrected chi connectivity index (χ0v) is 12.4. The van der Waals surface area contributed by atoms with Crippen LogP contribution in [-0.4, -0.2) is 81.1 Å². The summed E-state index contributed by atoms with van der Waals surface area (Å²) in [7, 11) is 4.07. The Kier molecular flexibility index (Phi) is 7.78. The summed E-state index contributed by atoms with van der Waals surface area (Å²) in [4.78, 5) is 14.2. The fraction of sp³-hybridized carbons (Fsp3) is 0.923. The molecule has 0 aromatic heterocycles. The highest BCUT2D eigenvalue weighted by Gasteiger charge is 2.24. The third kappa shape index (κ3) is 6.22. The van der Waals surface area contributed by atoms with Crippen molar-refractivity contribution < 1.29 is 14.3 Å². The minimum Gasteiger partial charge on any atom is -0.448 e. The van der Waals surface area contributed by atoms with Crippen molar-refractivity contribution in [2.24, 2.45) is 0 Å². The second kappa shape index (κ2) is 9.12. The van der Waals surface area contributed by atoms with Gasteiger partial charge >= 0.3 is 6.09 Å². The molecular formula is C13H27N3O3. The minimum absolute atomic E-state index is 0.234. The van der Waals surface area contributed by atoms with Crippen molar-refractivity contribution in [2.45, 2.75) is 19.8 Å². The van der Waals surface area contributed by atoms with Gasteiger partial charge in [0.1, 0.15) is 0 Å². The van der Waals surface area contributed by atoms with Gasteiger partial charge in [-0.05, 0) is 33.5 Å². The summed E-state index contributed by atoms with van der Waals surface area (Å²) >= 11 is 0. The third-order valence-corrected chi connectivity index (χ3v) is 2.94. The molecule has 1 fully saturated rings. The van der Waals surface area contributed by atoms with E-state index in [2.05, 4.69) is 4.90 Å². The monoisotopic (exact) mass is 273 g/mol. The van der Waals surface area contributed by atoms with Gasteiger partial charge in [0.05, 0.1) is 19.8 Å². The molecule has 0 radical (unpaired) electrons. The van der Waals surface area contributed by atoms with Gasteiger partial charge in [-0.3, -0.25) is 0 Å². The number of nitrogens with zero attached hydrogens (tertiary/aromatic N) is 3. The lowest BCUT2D eigenvalue weighted by Gasteiger charge is -2.36. The fourth-order valence-corrected chi connectivity index (χ4v) is 1.94. The van der Waals surface area contributed by atoms with Crippen molar-refractivity contribution in [1.29, 1.82) is 0 Å². The Morgan fingerprint density at radius 1 is 1.26 bits per heavy atom. The first kappa shape index (κ1) is 16.2. The van der Waals surface area contributed by atoms with Crippen LogP contribution in [0.4, 0.5) is 4.79 Å². The van der Waals surface area contributed by atoms with Crippen LogP contribution in [0, 0.1) is 0 Å². The highest BCUT2D eigenvalue weighted by molar-refractivity contribution is 5.66. The van der Waals surface area contributed by atoms with Gasteiger partial charge in [-0.25, -0.2) is 14.8 Å². The Hall–Kier alpha value is -0.850. The molecule has 0 aliphatic carbocycles. The van der Waals surface area contributed by atoms with E-state index in [0.717, 1.165) is 32.5 Å². The van der Waals surface area contributed by atoms with Crippen LogP contribution < -0.4 is 0 Å². The topological polar surface area (TPSA) is 45.2 Å². The molecule has 1 heterocycles. The highest BCUT2D eigenvalue weighted by Crippen LogP contribution is 2.07. The van der Waals surface area contributed by atoms with Crippen molar-refractivity contribution in [3.05, 3.63) is 0 Å². The molecule has 1 aliphatic heterocycles. The summed E-state index contributed by atoms with van der Waals surface area (Å²) in [6.45, 7) is 6.98. The average molecular weight is 273 g/mol. The van der Waals surface area contributed by atoms with Gasteiger partial charge in [0.25, 0.3) is 0 Å². The minimum atomic E-state index is -0.234. The molecule has 0 bridgehead atoms. The van der Waals surface area contributed by atoms with E-state index in [4.69, 9.17) is 9.47 Å². The summed E-state index contributed by atoms with van der Waals surface area (Å²) in [6, 6.07) is 0. The number of hydrazine groups is 1. The van der Waals surface area contributed by atoms with E-state index in [1.807, 2.05) is 26.0 Å². The molecule has 112 valence electrons. The molecule has 0 unspecified atom stereocenters. The first-order valence-electron chi connectivity index (χ1n) is 7.06. The van der Waals surface area contributed by atoms with Crippen molar-refractivity contribution in [2.75, 3.05) is 60.1 Å². The summed E-state index contributed by atoms with van der Waals surface area (Å²) in [6.07, 6.45) is 1.55. The summed E-state index contributed by atoms with van der Waals surface area (Å²) in [5, 5.41) is 3.78. The molecule has 1 rings (SSSR count). The smallest absolute Gasteiger partial charge is 0.424 e. The highest BCUT2D eigenvalue weighted by atomic mass is 16.6. The van der Waals surface area contributed by atoms with Crippen LogP contribution in [0.15, 0.2) is 0 Å². The number of hydrogen-bond donors (Lipinski definition) is 0. The Labute approximate surface area is 116 Å². The predicted molar refractivity (Wildman–Crippen MR) is 73.9 cm³/mol. The zero-order valence-electron chi connectivity index (χ0n) is 12.4. The Morgan fingerprint density at radius 2 is 1.95 bits per heavy atom. The molecule has 1 amide bonds. The van der Waals surface area contributed by atoms with E-state index in [-0.39, 0.29) is 6.09 Å². The summed E-state index contributed by atoms with van der Waals surface area (Å²) in [5.41, 5.74) is 0. The third-order valence-electron chi connectivity index (χ3n) is 2.94. The van der Waals surface area contributed by atoms with Gasteiger partial charge in [-0.1, -0.05) is 6.92 Å². The second-order valence-corrected chi connectivity index (χ2v) is 4.96. The Bertz CT molecular complexity index is 256. The van der Waals surface area contributed by atoms with Gasteiger partial charge in [0.15, 0.2) is 0 Å². The molecule has 0 aromatic carbocycles. The van der Waals surface area contributed by atoms with Crippen molar-refractivity contribution >= 4 is 6.09 Å². The first-order chi connectivity index (χ1) is 9.15. The lowest BCUT2D eigenvalue weighted by Crippen LogP contribution is -2.52. The number of amides is 1. The predicted octanol–water partition coefficient (Wildman–Crippen LogP) is 1.03. The molecule has 1 saturated heterocycles. The number of ether oxygens (including phenoxy) is 2. The van der Waals surface area contributed by atoms with Crippen molar-refractivity contribution in [3.8, 4) is 0 Å². The van der Waals surface area contributed by atoms with Gasteiger partial charge in [0.2, 0.25) is 0 Å². The van der Waals surface area contributed by atoms with E-state index in [1.165, 1.54) is 0 Å². The summed E-state index contributed by atoms with van der Waals surface area (Å²) < 4.78 is 10.6. The molecule has 0 N–H and O–H groups in total. The van der Waals surface area contributed by atoms with Crippen LogP contribution in [0.25, 0.3) is 0 Å². The van der Waals surface area contributed by atoms with Crippen molar-refractivity contribution in [1.82, 2.24) is 14.9 Å². The molecule has 0 saturated carbocycles. The summed E-state index contributed by atoms with van der Waals surface area (Å²) in [5.74, 6) is 0. The molecule has 6 heteroatoms. The van der Waals surface area contributed by atoms with Gasteiger partial charge in [-0.15, -0.1) is 0 Å². The largest absolute Gasteiger partial charge is 0.448 e. The number of carbonyl (C=O) groups excluding carboxylic acids is 1.